The average molecular weight is 407 g/mol. The van der Waals surface area contributed by atoms with Crippen LogP contribution in [-0.4, -0.2) is 15.1 Å². The fourth-order valence-corrected chi connectivity index (χ4v) is 4.48. The molecule has 3 rings (SSSR count). The molecule has 0 aliphatic rings. The first kappa shape index (κ1) is 18.6. The summed E-state index contributed by atoms with van der Waals surface area (Å²) in [5.41, 5.74) is 2.80. The highest BCUT2D eigenvalue weighted by molar-refractivity contribution is 8.01. The van der Waals surface area contributed by atoms with Crippen molar-refractivity contribution in [2.75, 3.05) is 5.32 Å². The highest BCUT2D eigenvalue weighted by Crippen LogP contribution is 2.39. The van der Waals surface area contributed by atoms with Gasteiger partial charge in [-0.2, -0.15) is 0 Å². The summed E-state index contributed by atoms with van der Waals surface area (Å²) in [6.45, 7) is 3.92. The minimum Gasteiger partial charge on any atom is -0.330 e. The molecule has 1 heterocycles. The van der Waals surface area contributed by atoms with E-state index in [0.29, 0.717) is 10.2 Å². The monoisotopic (exact) mass is 406 g/mol. The second-order valence-electron chi connectivity index (χ2n) is 5.52. The summed E-state index contributed by atoms with van der Waals surface area (Å²) in [6, 6.07) is 12.3. The molecule has 2 aromatic carbocycles. The molecule has 9 heteroatoms. The molecule has 1 atom stereocenters. The van der Waals surface area contributed by atoms with Gasteiger partial charge < -0.3 is 5.32 Å². The van der Waals surface area contributed by atoms with Gasteiger partial charge in [-0.3, -0.25) is 10.1 Å². The van der Waals surface area contributed by atoms with Crippen LogP contribution in [0.5, 0.6) is 0 Å². The molecule has 3 aromatic rings. The zero-order chi connectivity index (χ0) is 18.7. The Morgan fingerprint density at radius 3 is 2.81 bits per heavy atom. The van der Waals surface area contributed by atoms with Gasteiger partial charge >= 0.3 is 0 Å². The number of thioether (sulfide) groups is 1. The highest BCUT2D eigenvalue weighted by Gasteiger charge is 2.15. The first-order valence-corrected chi connectivity index (χ1v) is 9.78. The number of benzene rings is 2. The Labute approximate surface area is 163 Å². The van der Waals surface area contributed by atoms with Crippen molar-refractivity contribution in [3.8, 4) is 0 Å². The van der Waals surface area contributed by atoms with Crippen LogP contribution in [0.1, 0.15) is 23.3 Å². The van der Waals surface area contributed by atoms with Crippen LogP contribution in [-0.2, 0) is 0 Å². The van der Waals surface area contributed by atoms with E-state index in [2.05, 4.69) is 15.5 Å². The summed E-state index contributed by atoms with van der Waals surface area (Å²) < 4.78 is 0.784. The van der Waals surface area contributed by atoms with Gasteiger partial charge in [0.15, 0.2) is 4.34 Å². The van der Waals surface area contributed by atoms with Gasteiger partial charge in [0.1, 0.15) is 0 Å². The molecule has 0 saturated carbocycles. The molecule has 0 fully saturated rings. The van der Waals surface area contributed by atoms with E-state index in [-0.39, 0.29) is 15.9 Å². The summed E-state index contributed by atoms with van der Waals surface area (Å²) in [5.74, 6) is 0. The van der Waals surface area contributed by atoms with E-state index in [1.807, 2.05) is 38.1 Å². The first-order valence-electron chi connectivity index (χ1n) is 7.70. The van der Waals surface area contributed by atoms with Crippen LogP contribution in [0.3, 0.4) is 0 Å². The van der Waals surface area contributed by atoms with E-state index >= 15 is 0 Å². The quantitative estimate of drug-likeness (QED) is 0.307. The molecule has 1 aromatic heterocycles. The molecule has 0 bridgehead atoms. The molecular weight excluding hydrogens is 392 g/mol. The summed E-state index contributed by atoms with van der Waals surface area (Å²) in [4.78, 5) is 10.5. The Hall–Kier alpha value is -2.16. The smallest absolute Gasteiger partial charge is 0.269 e. The Balaban J connectivity index is 1.71. The van der Waals surface area contributed by atoms with Crippen LogP contribution in [0.4, 0.5) is 16.5 Å². The SMILES string of the molecule is Cc1c(Cl)cccc1Nc1nnc(SC(C)c2cccc([N+](=O)[O-])c2)s1. The average Bonchev–Trinajstić information content (AvgIpc) is 3.06. The van der Waals surface area contributed by atoms with Crippen LogP contribution in [0.15, 0.2) is 46.8 Å². The molecule has 6 nitrogen and oxygen atoms in total. The molecule has 0 aliphatic heterocycles. The van der Waals surface area contributed by atoms with Crippen molar-refractivity contribution in [1.82, 2.24) is 10.2 Å². The third-order valence-corrected chi connectivity index (χ3v) is 6.23. The number of halogens is 1. The van der Waals surface area contributed by atoms with E-state index in [1.54, 1.807) is 12.1 Å². The van der Waals surface area contributed by atoms with Crippen molar-refractivity contribution in [1.29, 1.82) is 0 Å². The van der Waals surface area contributed by atoms with Crippen molar-refractivity contribution in [2.45, 2.75) is 23.4 Å². The molecule has 0 saturated heterocycles. The zero-order valence-corrected chi connectivity index (χ0v) is 16.4. The van der Waals surface area contributed by atoms with Crippen LogP contribution in [0, 0.1) is 17.0 Å². The number of nitro groups is 1. The standard InChI is InChI=1S/C17H15ClN4O2S2/c1-10-14(18)7-4-8-15(10)19-16-20-21-17(26-16)25-11(2)12-5-3-6-13(9-12)22(23)24/h3-9,11H,1-2H3,(H,19,20). The fraction of sp³-hybridized carbons (Fsp3) is 0.176. The minimum atomic E-state index is -0.388. The largest absolute Gasteiger partial charge is 0.330 e. The molecule has 26 heavy (non-hydrogen) atoms. The molecule has 0 amide bonds. The number of aromatic nitrogens is 2. The van der Waals surface area contributed by atoms with E-state index in [1.165, 1.54) is 29.2 Å². The number of nitro benzene ring substituents is 1. The minimum absolute atomic E-state index is 0.0172. The lowest BCUT2D eigenvalue weighted by molar-refractivity contribution is -0.384. The first-order chi connectivity index (χ1) is 12.4. The van der Waals surface area contributed by atoms with Gasteiger partial charge in [0.25, 0.3) is 5.69 Å². The predicted molar refractivity (Wildman–Crippen MR) is 107 cm³/mol. The van der Waals surface area contributed by atoms with Crippen molar-refractivity contribution in [2.24, 2.45) is 0 Å². The number of hydrogen-bond acceptors (Lipinski definition) is 7. The number of non-ortho nitro benzene ring substituents is 1. The normalized spacial score (nSPS) is 12.0. The molecule has 1 unspecified atom stereocenters. The maximum atomic E-state index is 10.9. The second-order valence-corrected chi connectivity index (χ2v) is 8.50. The molecule has 0 aliphatic carbocycles. The summed E-state index contributed by atoms with van der Waals surface area (Å²) >= 11 is 9.07. The van der Waals surface area contributed by atoms with Gasteiger partial charge in [-0.25, -0.2) is 0 Å². The molecule has 1 N–H and O–H groups in total. The van der Waals surface area contributed by atoms with Crippen molar-refractivity contribution < 1.29 is 4.92 Å². The maximum absolute atomic E-state index is 10.9. The fourth-order valence-electron chi connectivity index (χ4n) is 2.28. The maximum Gasteiger partial charge on any atom is 0.269 e. The van der Waals surface area contributed by atoms with Gasteiger partial charge in [0, 0.05) is 28.1 Å². The van der Waals surface area contributed by atoms with Crippen molar-refractivity contribution in [3.05, 3.63) is 68.7 Å². The van der Waals surface area contributed by atoms with Crippen LogP contribution < -0.4 is 5.32 Å². The molecule has 0 radical (unpaired) electrons. The molecular formula is C17H15ClN4O2S2. The third-order valence-electron chi connectivity index (χ3n) is 3.74. The number of nitrogens with one attached hydrogen (secondary N) is 1. The lowest BCUT2D eigenvalue weighted by Crippen LogP contribution is -1.92. The Bertz CT molecular complexity index is 948. The van der Waals surface area contributed by atoms with E-state index in [9.17, 15) is 10.1 Å². The van der Waals surface area contributed by atoms with Gasteiger partial charge in [0.05, 0.1) is 4.92 Å². The summed E-state index contributed by atoms with van der Waals surface area (Å²) in [5, 5.41) is 23.9. The van der Waals surface area contributed by atoms with Gasteiger partial charge in [-0.05, 0) is 37.1 Å². The van der Waals surface area contributed by atoms with E-state index < -0.39 is 0 Å². The van der Waals surface area contributed by atoms with Crippen molar-refractivity contribution in [3.63, 3.8) is 0 Å². The number of rotatable bonds is 6. The van der Waals surface area contributed by atoms with Crippen LogP contribution >= 0.6 is 34.7 Å². The Morgan fingerprint density at radius 1 is 1.27 bits per heavy atom. The number of hydrogen-bond donors (Lipinski definition) is 1. The number of nitrogens with zero attached hydrogens (tertiary/aromatic N) is 3. The van der Waals surface area contributed by atoms with E-state index in [0.717, 1.165) is 21.2 Å². The molecule has 134 valence electrons. The van der Waals surface area contributed by atoms with Gasteiger partial charge in [0.2, 0.25) is 5.13 Å². The molecule has 0 spiro atoms. The lowest BCUT2D eigenvalue weighted by atomic mass is 10.1. The van der Waals surface area contributed by atoms with Gasteiger partial charge in [-0.1, -0.05) is 52.9 Å². The zero-order valence-electron chi connectivity index (χ0n) is 14.0. The highest BCUT2D eigenvalue weighted by atomic mass is 35.5. The Kier molecular flexibility index (Phi) is 5.75. The lowest BCUT2D eigenvalue weighted by Gasteiger charge is -2.09. The second kappa shape index (κ2) is 8.03. The van der Waals surface area contributed by atoms with Crippen LogP contribution in [0.2, 0.25) is 5.02 Å². The van der Waals surface area contributed by atoms with Gasteiger partial charge in [-0.15, -0.1) is 10.2 Å². The third kappa shape index (κ3) is 4.32. The van der Waals surface area contributed by atoms with E-state index in [4.69, 9.17) is 11.6 Å². The predicted octanol–water partition coefficient (Wildman–Crippen LogP) is 6.01. The number of anilines is 2. The van der Waals surface area contributed by atoms with Crippen LogP contribution in [0.25, 0.3) is 0 Å². The summed E-state index contributed by atoms with van der Waals surface area (Å²) in [6.07, 6.45) is 0. The summed E-state index contributed by atoms with van der Waals surface area (Å²) in [7, 11) is 0. The van der Waals surface area contributed by atoms with Crippen molar-refractivity contribution >= 4 is 51.2 Å². The Morgan fingerprint density at radius 2 is 2.04 bits per heavy atom. The topological polar surface area (TPSA) is 81.0 Å².